The van der Waals surface area contributed by atoms with E-state index in [0.29, 0.717) is 28.0 Å². The van der Waals surface area contributed by atoms with Gasteiger partial charge >= 0.3 is 6.03 Å². The average Bonchev–Trinajstić information content (AvgIpc) is 3.22. The molecule has 2 aromatic rings. The van der Waals surface area contributed by atoms with Gasteiger partial charge in [-0.15, -0.1) is 0 Å². The lowest BCUT2D eigenvalue weighted by atomic mass is 10.0. The number of carbonyl (C=O) groups is 1. The largest absolute Gasteiger partial charge is 0.454 e. The van der Waals surface area contributed by atoms with E-state index in [2.05, 4.69) is 17.1 Å². The molecule has 2 heterocycles. The summed E-state index contributed by atoms with van der Waals surface area (Å²) in [5, 5.41) is 3.92. The number of halogens is 2. The van der Waals surface area contributed by atoms with Crippen molar-refractivity contribution < 1.29 is 14.3 Å². The van der Waals surface area contributed by atoms with E-state index in [1.54, 1.807) is 18.2 Å². The van der Waals surface area contributed by atoms with E-state index in [-0.39, 0.29) is 18.9 Å². The number of nitrogens with zero attached hydrogens (tertiary/aromatic N) is 2. The highest BCUT2D eigenvalue weighted by Crippen LogP contribution is 2.33. The molecule has 6 nitrogen and oxygen atoms in total. The number of fused-ring (bicyclic) bond motifs is 1. The molecule has 1 N–H and O–H groups in total. The highest BCUT2D eigenvalue weighted by molar-refractivity contribution is 6.35. The predicted molar refractivity (Wildman–Crippen MR) is 119 cm³/mol. The van der Waals surface area contributed by atoms with Crippen molar-refractivity contribution in [1.29, 1.82) is 0 Å². The first-order chi connectivity index (χ1) is 14.5. The molecular formula is C22H25Cl2N3O3. The van der Waals surface area contributed by atoms with E-state index in [9.17, 15) is 4.79 Å². The summed E-state index contributed by atoms with van der Waals surface area (Å²) < 4.78 is 10.9. The van der Waals surface area contributed by atoms with Crippen LogP contribution in [0.25, 0.3) is 0 Å². The Hall–Kier alpha value is -2.15. The molecule has 0 radical (unpaired) electrons. The maximum absolute atomic E-state index is 13.3. The number of urea groups is 1. The van der Waals surface area contributed by atoms with Gasteiger partial charge in [-0.05, 0) is 55.3 Å². The molecule has 1 saturated heterocycles. The summed E-state index contributed by atoms with van der Waals surface area (Å²) >= 11 is 12.4. The minimum atomic E-state index is -0.188. The second-order valence-electron chi connectivity index (χ2n) is 7.54. The van der Waals surface area contributed by atoms with Crippen LogP contribution in [0.5, 0.6) is 11.5 Å². The van der Waals surface area contributed by atoms with Gasteiger partial charge in [-0.1, -0.05) is 36.2 Å². The molecule has 30 heavy (non-hydrogen) atoms. The highest BCUT2D eigenvalue weighted by atomic mass is 35.5. The maximum atomic E-state index is 13.3. The Morgan fingerprint density at radius 1 is 1.13 bits per heavy atom. The quantitative estimate of drug-likeness (QED) is 0.677. The number of likely N-dealkylation sites (tertiary alicyclic amines) is 1. The fourth-order valence-corrected chi connectivity index (χ4v) is 4.27. The maximum Gasteiger partial charge on any atom is 0.322 e. The van der Waals surface area contributed by atoms with Crippen LogP contribution in [0.1, 0.15) is 25.3 Å². The molecule has 8 heteroatoms. The second kappa shape index (κ2) is 9.33. The Morgan fingerprint density at radius 2 is 1.90 bits per heavy atom. The SMILES string of the molecule is CCN1CCC(N(Cc2ccc3c(c2)OCO3)C(=O)Nc2cc(Cl)ccc2Cl)CC1. The van der Waals surface area contributed by atoms with Gasteiger partial charge in [0, 0.05) is 30.7 Å². The van der Waals surface area contributed by atoms with Gasteiger partial charge in [0.25, 0.3) is 0 Å². The van der Waals surface area contributed by atoms with Gasteiger partial charge in [0.15, 0.2) is 11.5 Å². The van der Waals surface area contributed by atoms with E-state index < -0.39 is 0 Å². The van der Waals surface area contributed by atoms with E-state index in [1.165, 1.54) is 0 Å². The molecule has 4 rings (SSSR count). The molecule has 160 valence electrons. The van der Waals surface area contributed by atoms with Crippen LogP contribution in [0.3, 0.4) is 0 Å². The van der Waals surface area contributed by atoms with Crippen molar-refractivity contribution in [1.82, 2.24) is 9.80 Å². The standard InChI is InChI=1S/C22H25Cl2N3O3/c1-2-26-9-7-17(8-10-26)27(13-15-3-6-20-21(11-15)30-14-29-20)22(28)25-19-12-16(23)4-5-18(19)24/h3-6,11-12,17H,2,7-10,13-14H2,1H3,(H,25,28). The molecular weight excluding hydrogens is 425 g/mol. The van der Waals surface area contributed by atoms with Crippen molar-refractivity contribution in [3.8, 4) is 11.5 Å². The van der Waals surface area contributed by atoms with Gasteiger partial charge in [0.2, 0.25) is 6.79 Å². The fraction of sp³-hybridized carbons (Fsp3) is 0.409. The molecule has 2 aromatic carbocycles. The molecule has 2 amide bonds. The number of anilines is 1. The summed E-state index contributed by atoms with van der Waals surface area (Å²) in [4.78, 5) is 17.6. The van der Waals surface area contributed by atoms with Crippen LogP contribution in [-0.4, -0.2) is 48.3 Å². The molecule has 0 aliphatic carbocycles. The Balaban J connectivity index is 1.55. The van der Waals surface area contributed by atoms with Crippen molar-refractivity contribution >= 4 is 34.9 Å². The van der Waals surface area contributed by atoms with Gasteiger partial charge < -0.3 is 24.6 Å². The van der Waals surface area contributed by atoms with E-state index in [4.69, 9.17) is 32.7 Å². The third-order valence-corrected chi connectivity index (χ3v) is 6.23. The summed E-state index contributed by atoms with van der Waals surface area (Å²) in [5.41, 5.74) is 1.50. The molecule has 2 aliphatic rings. The lowest BCUT2D eigenvalue weighted by Crippen LogP contribution is -2.48. The molecule has 0 saturated carbocycles. The van der Waals surface area contributed by atoms with Crippen LogP contribution >= 0.6 is 23.2 Å². The summed E-state index contributed by atoms with van der Waals surface area (Å²) in [5.74, 6) is 1.45. The molecule has 0 unspecified atom stereocenters. The van der Waals surface area contributed by atoms with E-state index >= 15 is 0 Å². The number of amides is 2. The fourth-order valence-electron chi connectivity index (χ4n) is 3.93. The topological polar surface area (TPSA) is 54.0 Å². The average molecular weight is 450 g/mol. The van der Waals surface area contributed by atoms with Crippen LogP contribution in [-0.2, 0) is 6.54 Å². The summed E-state index contributed by atoms with van der Waals surface area (Å²) in [6, 6.07) is 10.8. The molecule has 0 atom stereocenters. The lowest BCUT2D eigenvalue weighted by Gasteiger charge is -2.38. The Labute approximate surface area is 186 Å². The van der Waals surface area contributed by atoms with Crippen LogP contribution in [0.4, 0.5) is 10.5 Å². The van der Waals surface area contributed by atoms with Crippen molar-refractivity contribution in [2.24, 2.45) is 0 Å². The monoisotopic (exact) mass is 449 g/mol. The van der Waals surface area contributed by atoms with Crippen molar-refractivity contribution in [2.75, 3.05) is 31.7 Å². The number of carbonyl (C=O) groups excluding carboxylic acids is 1. The number of nitrogens with one attached hydrogen (secondary N) is 1. The molecule has 2 aliphatic heterocycles. The molecule has 1 fully saturated rings. The van der Waals surface area contributed by atoms with Gasteiger partial charge in [0.1, 0.15) is 0 Å². The minimum absolute atomic E-state index is 0.135. The third kappa shape index (κ3) is 4.77. The van der Waals surface area contributed by atoms with Crippen molar-refractivity contribution in [3.05, 3.63) is 52.0 Å². The zero-order valence-electron chi connectivity index (χ0n) is 16.9. The number of ether oxygens (including phenoxy) is 2. The third-order valence-electron chi connectivity index (χ3n) is 5.67. The predicted octanol–water partition coefficient (Wildman–Crippen LogP) is 5.24. The minimum Gasteiger partial charge on any atom is -0.454 e. The molecule has 0 aromatic heterocycles. The Bertz CT molecular complexity index is 916. The van der Waals surface area contributed by atoms with Crippen LogP contribution in [0, 0.1) is 0 Å². The van der Waals surface area contributed by atoms with Crippen molar-refractivity contribution in [3.63, 3.8) is 0 Å². The lowest BCUT2D eigenvalue weighted by molar-refractivity contribution is 0.126. The number of hydrogen-bond acceptors (Lipinski definition) is 4. The van der Waals surface area contributed by atoms with Crippen LogP contribution in [0.15, 0.2) is 36.4 Å². The first-order valence-electron chi connectivity index (χ1n) is 10.2. The molecule has 0 spiro atoms. The highest BCUT2D eigenvalue weighted by Gasteiger charge is 2.28. The van der Waals surface area contributed by atoms with Gasteiger partial charge in [-0.2, -0.15) is 0 Å². The van der Waals surface area contributed by atoms with Gasteiger partial charge in [-0.25, -0.2) is 4.79 Å². The van der Waals surface area contributed by atoms with Gasteiger partial charge in [-0.3, -0.25) is 0 Å². The number of hydrogen-bond donors (Lipinski definition) is 1. The summed E-state index contributed by atoms with van der Waals surface area (Å²) in [7, 11) is 0. The van der Waals surface area contributed by atoms with Crippen LogP contribution < -0.4 is 14.8 Å². The number of benzene rings is 2. The summed E-state index contributed by atoms with van der Waals surface area (Å²) in [6.07, 6.45) is 1.85. The van der Waals surface area contributed by atoms with Crippen molar-refractivity contribution in [2.45, 2.75) is 32.4 Å². The Kier molecular flexibility index (Phi) is 6.56. The number of piperidine rings is 1. The first kappa shape index (κ1) is 21.1. The van der Waals surface area contributed by atoms with Gasteiger partial charge in [0.05, 0.1) is 10.7 Å². The number of rotatable bonds is 5. The van der Waals surface area contributed by atoms with E-state index in [0.717, 1.165) is 43.8 Å². The Morgan fingerprint density at radius 3 is 2.67 bits per heavy atom. The first-order valence-corrected chi connectivity index (χ1v) is 10.9. The summed E-state index contributed by atoms with van der Waals surface area (Å²) in [6.45, 7) is 5.84. The molecule has 0 bridgehead atoms. The zero-order chi connectivity index (χ0) is 21.1. The van der Waals surface area contributed by atoms with Crippen LogP contribution in [0.2, 0.25) is 10.0 Å². The smallest absolute Gasteiger partial charge is 0.322 e. The normalized spacial score (nSPS) is 16.5. The zero-order valence-corrected chi connectivity index (χ0v) is 18.4. The second-order valence-corrected chi connectivity index (χ2v) is 8.38. The van der Waals surface area contributed by atoms with E-state index in [1.807, 2.05) is 23.1 Å².